The van der Waals surface area contributed by atoms with Crippen LogP contribution in [0.1, 0.15) is 45.0 Å². The molecule has 0 spiro atoms. The summed E-state index contributed by atoms with van der Waals surface area (Å²) in [5.74, 6) is 0.000855. The van der Waals surface area contributed by atoms with Crippen LogP contribution >= 0.6 is 0 Å². The van der Waals surface area contributed by atoms with Crippen LogP contribution in [0.4, 0.5) is 4.39 Å². The maximum atomic E-state index is 13.5. The molecule has 0 amide bonds. The predicted octanol–water partition coefficient (Wildman–Crippen LogP) is 2.91. The molecule has 1 fully saturated rings. The maximum Gasteiger partial charge on any atom is 0.494 e. The van der Waals surface area contributed by atoms with Gasteiger partial charge in [0, 0.05) is 12.1 Å². The third-order valence-corrected chi connectivity index (χ3v) is 5.49. The van der Waals surface area contributed by atoms with Gasteiger partial charge in [-0.05, 0) is 56.9 Å². The molecule has 0 aromatic heterocycles. The van der Waals surface area contributed by atoms with Crippen LogP contribution in [0.3, 0.4) is 0 Å². The third-order valence-electron chi connectivity index (χ3n) is 5.49. The summed E-state index contributed by atoms with van der Waals surface area (Å²) < 4.78 is 30.8. The quantitative estimate of drug-likeness (QED) is 0.590. The summed E-state index contributed by atoms with van der Waals surface area (Å²) in [6.45, 7) is 8.49. The van der Waals surface area contributed by atoms with Crippen molar-refractivity contribution in [3.8, 4) is 5.75 Å². The van der Waals surface area contributed by atoms with E-state index >= 15 is 0 Å². The standard InChI is InChI=1S/C21H27BFNO4/c1-20(2)21(3,4)28-22(27-20)15-8-6-14(7-9-15)13-24-19(25)17-12-16(23)10-11-18(17)26-5/h6-12,19,24-25H,13H2,1-5H3. The zero-order chi connectivity index (χ0) is 20.5. The van der Waals surface area contributed by atoms with Gasteiger partial charge in [-0.3, -0.25) is 5.32 Å². The van der Waals surface area contributed by atoms with Crippen molar-refractivity contribution in [2.75, 3.05) is 7.11 Å². The lowest BCUT2D eigenvalue weighted by Gasteiger charge is -2.32. The Labute approximate surface area is 166 Å². The molecule has 1 heterocycles. The number of ether oxygens (including phenoxy) is 1. The highest BCUT2D eigenvalue weighted by Crippen LogP contribution is 2.36. The summed E-state index contributed by atoms with van der Waals surface area (Å²) in [7, 11) is 1.08. The first-order valence-corrected chi connectivity index (χ1v) is 9.32. The SMILES string of the molecule is COc1ccc(F)cc1C(O)NCc1ccc(B2OC(C)(C)C(C)(C)O2)cc1. The Morgan fingerprint density at radius 1 is 1.07 bits per heavy atom. The van der Waals surface area contributed by atoms with Crippen LogP contribution in [0, 0.1) is 5.82 Å². The molecule has 3 rings (SSSR count). The summed E-state index contributed by atoms with van der Waals surface area (Å²) >= 11 is 0. The number of benzene rings is 2. The maximum absolute atomic E-state index is 13.5. The number of halogens is 1. The summed E-state index contributed by atoms with van der Waals surface area (Å²) in [6, 6.07) is 11.9. The molecule has 0 saturated carbocycles. The van der Waals surface area contributed by atoms with E-state index in [1.807, 2.05) is 52.0 Å². The Hall–Kier alpha value is -1.93. The van der Waals surface area contributed by atoms with E-state index in [0.717, 1.165) is 11.0 Å². The van der Waals surface area contributed by atoms with E-state index in [1.54, 1.807) is 0 Å². The van der Waals surface area contributed by atoms with Crippen molar-refractivity contribution in [3.63, 3.8) is 0 Å². The van der Waals surface area contributed by atoms with Crippen LogP contribution in [0.2, 0.25) is 0 Å². The third kappa shape index (κ3) is 4.23. The molecule has 2 N–H and O–H groups in total. The number of aliphatic hydroxyl groups excluding tert-OH is 1. The minimum atomic E-state index is -1.05. The van der Waals surface area contributed by atoms with Gasteiger partial charge in [0.15, 0.2) is 0 Å². The van der Waals surface area contributed by atoms with E-state index in [1.165, 1.54) is 25.3 Å². The van der Waals surface area contributed by atoms with Crippen molar-refractivity contribution in [2.24, 2.45) is 0 Å². The average molecular weight is 387 g/mol. The van der Waals surface area contributed by atoms with Crippen LogP contribution in [-0.2, 0) is 15.9 Å². The summed E-state index contributed by atoms with van der Waals surface area (Å²) in [5.41, 5.74) is 1.50. The first-order valence-electron chi connectivity index (χ1n) is 9.32. The van der Waals surface area contributed by atoms with Gasteiger partial charge in [-0.2, -0.15) is 0 Å². The molecule has 150 valence electrons. The van der Waals surface area contributed by atoms with Crippen molar-refractivity contribution in [1.29, 1.82) is 0 Å². The predicted molar refractivity (Wildman–Crippen MR) is 107 cm³/mol. The molecule has 7 heteroatoms. The Bertz CT molecular complexity index is 810. The van der Waals surface area contributed by atoms with Crippen LogP contribution < -0.4 is 15.5 Å². The molecule has 2 aromatic carbocycles. The molecule has 0 radical (unpaired) electrons. The minimum absolute atomic E-state index is 0.358. The van der Waals surface area contributed by atoms with Crippen molar-refractivity contribution in [1.82, 2.24) is 5.32 Å². The molecule has 5 nitrogen and oxygen atoms in total. The normalized spacial score (nSPS) is 18.9. The van der Waals surface area contributed by atoms with E-state index in [4.69, 9.17) is 14.0 Å². The largest absolute Gasteiger partial charge is 0.496 e. The lowest BCUT2D eigenvalue weighted by atomic mass is 9.79. The van der Waals surface area contributed by atoms with Crippen LogP contribution in [0.5, 0.6) is 5.75 Å². The van der Waals surface area contributed by atoms with Gasteiger partial charge >= 0.3 is 7.12 Å². The molecule has 1 atom stereocenters. The minimum Gasteiger partial charge on any atom is -0.496 e. The van der Waals surface area contributed by atoms with Crippen molar-refractivity contribution in [3.05, 3.63) is 59.4 Å². The van der Waals surface area contributed by atoms with Gasteiger partial charge in [-0.25, -0.2) is 4.39 Å². The van der Waals surface area contributed by atoms with E-state index < -0.39 is 19.2 Å². The van der Waals surface area contributed by atoms with E-state index in [0.29, 0.717) is 17.9 Å². The number of methoxy groups -OCH3 is 1. The molecule has 1 aliphatic heterocycles. The van der Waals surface area contributed by atoms with Gasteiger partial charge in [-0.15, -0.1) is 0 Å². The Morgan fingerprint density at radius 2 is 1.68 bits per heavy atom. The zero-order valence-corrected chi connectivity index (χ0v) is 17.0. The van der Waals surface area contributed by atoms with Gasteiger partial charge in [0.05, 0.1) is 18.3 Å². The smallest absolute Gasteiger partial charge is 0.494 e. The molecular weight excluding hydrogens is 360 g/mol. The molecule has 1 unspecified atom stereocenters. The second-order valence-corrected chi connectivity index (χ2v) is 8.00. The fourth-order valence-corrected chi connectivity index (χ4v) is 3.02. The zero-order valence-electron chi connectivity index (χ0n) is 17.0. The van der Waals surface area contributed by atoms with Crippen molar-refractivity contribution >= 4 is 12.6 Å². The fourth-order valence-electron chi connectivity index (χ4n) is 3.02. The van der Waals surface area contributed by atoms with Gasteiger partial charge in [0.25, 0.3) is 0 Å². The summed E-state index contributed by atoms with van der Waals surface area (Å²) in [5, 5.41) is 13.3. The first-order chi connectivity index (χ1) is 13.1. The summed E-state index contributed by atoms with van der Waals surface area (Å²) in [6.07, 6.45) is -1.05. The fraction of sp³-hybridized carbons (Fsp3) is 0.429. The topological polar surface area (TPSA) is 60.0 Å². The van der Waals surface area contributed by atoms with E-state index in [2.05, 4.69) is 5.32 Å². The second kappa shape index (κ2) is 7.83. The van der Waals surface area contributed by atoms with Gasteiger partial charge in [-0.1, -0.05) is 24.3 Å². The number of hydrogen-bond acceptors (Lipinski definition) is 5. The number of aliphatic hydroxyl groups is 1. The molecule has 28 heavy (non-hydrogen) atoms. The Kier molecular flexibility index (Phi) is 5.82. The molecular formula is C21H27BFNO4. The van der Waals surface area contributed by atoms with Crippen LogP contribution in [0.15, 0.2) is 42.5 Å². The Balaban J connectivity index is 1.63. The molecule has 1 saturated heterocycles. The highest BCUT2D eigenvalue weighted by atomic mass is 19.1. The molecule has 0 aliphatic carbocycles. The van der Waals surface area contributed by atoms with Gasteiger partial charge in [0.2, 0.25) is 0 Å². The number of nitrogens with one attached hydrogen (secondary N) is 1. The van der Waals surface area contributed by atoms with Gasteiger partial charge in [0.1, 0.15) is 17.8 Å². The van der Waals surface area contributed by atoms with Crippen LogP contribution in [-0.4, -0.2) is 30.5 Å². The molecule has 1 aliphatic rings. The lowest BCUT2D eigenvalue weighted by Crippen LogP contribution is -2.41. The van der Waals surface area contributed by atoms with Crippen molar-refractivity contribution < 1.29 is 23.5 Å². The molecule has 0 bridgehead atoms. The Morgan fingerprint density at radius 3 is 2.25 bits per heavy atom. The highest BCUT2D eigenvalue weighted by Gasteiger charge is 2.51. The second-order valence-electron chi connectivity index (χ2n) is 8.00. The van der Waals surface area contributed by atoms with E-state index in [9.17, 15) is 9.50 Å². The lowest BCUT2D eigenvalue weighted by molar-refractivity contribution is 0.00578. The molecule has 2 aromatic rings. The average Bonchev–Trinajstić information content (AvgIpc) is 2.87. The summed E-state index contributed by atoms with van der Waals surface area (Å²) in [4.78, 5) is 0. The van der Waals surface area contributed by atoms with Gasteiger partial charge < -0.3 is 19.2 Å². The van der Waals surface area contributed by atoms with Crippen molar-refractivity contribution in [2.45, 2.75) is 51.7 Å². The van der Waals surface area contributed by atoms with E-state index in [-0.39, 0.29) is 11.2 Å². The number of hydrogen-bond donors (Lipinski definition) is 2. The monoisotopic (exact) mass is 387 g/mol. The highest BCUT2D eigenvalue weighted by molar-refractivity contribution is 6.62. The number of rotatable bonds is 6. The van der Waals surface area contributed by atoms with Crippen LogP contribution in [0.25, 0.3) is 0 Å². The first kappa shape index (κ1) is 20.8.